The van der Waals surface area contributed by atoms with Gasteiger partial charge < -0.3 is 9.64 Å². The molecule has 8 heteroatoms. The average Bonchev–Trinajstić information content (AvgIpc) is 3.65. The summed E-state index contributed by atoms with van der Waals surface area (Å²) in [5, 5.41) is 3.59. The molecule has 0 bridgehead atoms. The highest BCUT2D eigenvalue weighted by atomic mass is 35.5. The maximum atomic E-state index is 13.3. The third-order valence-electron chi connectivity index (χ3n) is 6.51. The second kappa shape index (κ2) is 11.1. The molecular weight excluding hydrogens is 500 g/mol. The predicted octanol–water partition coefficient (Wildman–Crippen LogP) is 6.00. The smallest absolute Gasteiger partial charge is 0.254 e. The summed E-state index contributed by atoms with van der Waals surface area (Å²) in [6.45, 7) is 2.48. The number of nitrogens with zero attached hydrogens (tertiary/aromatic N) is 3. The molecule has 0 saturated heterocycles. The minimum absolute atomic E-state index is 0.0711. The van der Waals surface area contributed by atoms with Gasteiger partial charge in [-0.15, -0.1) is 0 Å². The Morgan fingerprint density at radius 2 is 1.82 bits per heavy atom. The van der Waals surface area contributed by atoms with Gasteiger partial charge in [0.05, 0.1) is 12.8 Å². The van der Waals surface area contributed by atoms with Crippen molar-refractivity contribution in [2.45, 2.75) is 19.8 Å². The fraction of sp³-hybridized carbons (Fsp3) is 0.233. The minimum Gasteiger partial charge on any atom is -0.497 e. The molecule has 0 spiro atoms. The number of imidazole rings is 1. The first kappa shape index (κ1) is 25.5. The first-order chi connectivity index (χ1) is 18.4. The lowest BCUT2D eigenvalue weighted by Gasteiger charge is -2.22. The highest BCUT2D eigenvalue weighted by molar-refractivity contribution is 6.30. The summed E-state index contributed by atoms with van der Waals surface area (Å²) in [6.07, 6.45) is 4.02. The van der Waals surface area contributed by atoms with Gasteiger partial charge in [0.2, 0.25) is 11.9 Å². The maximum Gasteiger partial charge on any atom is 0.254 e. The Morgan fingerprint density at radius 1 is 1.08 bits per heavy atom. The molecule has 0 unspecified atom stereocenters. The summed E-state index contributed by atoms with van der Waals surface area (Å²) in [7, 11) is 1.58. The third kappa shape index (κ3) is 6.06. The molecule has 7 nitrogen and oxygen atoms in total. The summed E-state index contributed by atoms with van der Waals surface area (Å²) in [6, 6.07) is 22.3. The highest BCUT2D eigenvalue weighted by Crippen LogP contribution is 2.30. The van der Waals surface area contributed by atoms with E-state index >= 15 is 0 Å². The van der Waals surface area contributed by atoms with Crippen LogP contribution in [0.25, 0.3) is 16.9 Å². The van der Waals surface area contributed by atoms with E-state index in [2.05, 4.69) is 5.32 Å². The first-order valence-corrected chi connectivity index (χ1v) is 12.9. The Balaban J connectivity index is 1.40. The van der Waals surface area contributed by atoms with E-state index in [9.17, 15) is 9.59 Å². The van der Waals surface area contributed by atoms with Crippen LogP contribution < -0.4 is 10.1 Å². The second-order valence-corrected chi connectivity index (χ2v) is 10.0. The van der Waals surface area contributed by atoms with E-state index in [0.717, 1.165) is 29.7 Å². The number of hydrogen-bond donors (Lipinski definition) is 1. The number of aromatic nitrogens is 2. The van der Waals surface area contributed by atoms with Gasteiger partial charge in [0.15, 0.2) is 0 Å². The van der Waals surface area contributed by atoms with Gasteiger partial charge in [0.25, 0.3) is 5.91 Å². The molecule has 1 aromatic heterocycles. The van der Waals surface area contributed by atoms with Crippen molar-refractivity contribution < 1.29 is 14.3 Å². The molecular formula is C30H29ClN4O3. The Morgan fingerprint density at radius 3 is 2.47 bits per heavy atom. The molecule has 38 heavy (non-hydrogen) atoms. The van der Waals surface area contributed by atoms with Gasteiger partial charge in [-0.3, -0.25) is 19.5 Å². The number of nitrogens with one attached hydrogen (secondary N) is 1. The Hall–Kier alpha value is -4.10. The molecule has 1 N–H and O–H groups in total. The van der Waals surface area contributed by atoms with Gasteiger partial charge in [-0.2, -0.15) is 0 Å². The largest absolute Gasteiger partial charge is 0.497 e. The summed E-state index contributed by atoms with van der Waals surface area (Å²) in [5.41, 5.74) is 4.05. The van der Waals surface area contributed by atoms with Crippen LogP contribution in [-0.4, -0.2) is 46.5 Å². The number of hydrogen-bond acceptors (Lipinski definition) is 4. The van der Waals surface area contributed by atoms with Gasteiger partial charge in [0, 0.05) is 34.6 Å². The van der Waals surface area contributed by atoms with Crippen LogP contribution in [0.15, 0.2) is 79.0 Å². The number of ether oxygens (including phenoxy) is 1. The number of amides is 2. The molecule has 5 rings (SSSR count). The quantitative estimate of drug-likeness (QED) is 0.289. The average molecular weight is 529 g/mol. The molecule has 1 aliphatic carbocycles. The van der Waals surface area contributed by atoms with Gasteiger partial charge >= 0.3 is 0 Å². The predicted molar refractivity (Wildman–Crippen MR) is 149 cm³/mol. The van der Waals surface area contributed by atoms with E-state index in [1.165, 1.54) is 0 Å². The summed E-state index contributed by atoms with van der Waals surface area (Å²) >= 11 is 6.07. The van der Waals surface area contributed by atoms with Crippen LogP contribution in [0.4, 0.5) is 5.95 Å². The summed E-state index contributed by atoms with van der Waals surface area (Å²) < 4.78 is 7.06. The maximum absolute atomic E-state index is 13.3. The van der Waals surface area contributed by atoms with Gasteiger partial charge in [0.1, 0.15) is 12.3 Å². The Kier molecular flexibility index (Phi) is 7.47. The standard InChI is InChI=1S/C30H29ClN4O3/c1-20-4-3-5-25(16-20)35-18-27(22-8-12-24(31)13-9-22)32-30(35)33-28(36)19-34(17-21-6-7-21)29(37)23-10-14-26(38-2)15-11-23/h3-5,8-16,18,21H,6-7,17,19H2,1-2H3,(H,32,33,36). The van der Waals surface area contributed by atoms with Crippen LogP contribution in [0, 0.1) is 12.8 Å². The molecule has 0 radical (unpaired) electrons. The zero-order valence-corrected chi connectivity index (χ0v) is 22.1. The van der Waals surface area contributed by atoms with E-state index in [1.807, 2.05) is 54.1 Å². The molecule has 1 fully saturated rings. The molecule has 1 aliphatic rings. The number of anilines is 1. The van der Waals surface area contributed by atoms with Crippen LogP contribution in [0.2, 0.25) is 5.02 Å². The van der Waals surface area contributed by atoms with Gasteiger partial charge in [-0.05, 0) is 79.8 Å². The number of methoxy groups -OCH3 is 1. The van der Waals surface area contributed by atoms with Crippen molar-refractivity contribution in [1.29, 1.82) is 0 Å². The molecule has 194 valence electrons. The fourth-order valence-electron chi connectivity index (χ4n) is 4.29. The highest BCUT2D eigenvalue weighted by Gasteiger charge is 2.29. The molecule has 0 atom stereocenters. The Labute approximate surface area is 227 Å². The van der Waals surface area contributed by atoms with E-state index in [-0.39, 0.29) is 18.4 Å². The van der Waals surface area contributed by atoms with Crippen molar-refractivity contribution in [3.8, 4) is 22.7 Å². The lowest BCUT2D eigenvalue weighted by atomic mass is 10.2. The minimum atomic E-state index is -0.310. The lowest BCUT2D eigenvalue weighted by Crippen LogP contribution is -2.39. The number of carbonyl (C=O) groups excluding carboxylic acids is 2. The molecule has 1 saturated carbocycles. The van der Waals surface area contributed by atoms with Crippen molar-refractivity contribution in [3.63, 3.8) is 0 Å². The normalized spacial score (nSPS) is 12.7. The van der Waals surface area contributed by atoms with E-state index in [1.54, 1.807) is 48.4 Å². The zero-order chi connectivity index (χ0) is 26.6. The van der Waals surface area contributed by atoms with Gasteiger partial charge in [-0.25, -0.2) is 4.98 Å². The fourth-order valence-corrected chi connectivity index (χ4v) is 4.41. The molecule has 3 aromatic carbocycles. The van der Waals surface area contributed by atoms with E-state index in [4.69, 9.17) is 21.3 Å². The van der Waals surface area contributed by atoms with Crippen molar-refractivity contribution >= 4 is 29.4 Å². The van der Waals surface area contributed by atoms with Crippen LogP contribution in [0.5, 0.6) is 5.75 Å². The third-order valence-corrected chi connectivity index (χ3v) is 6.76. The van der Waals surface area contributed by atoms with Crippen molar-refractivity contribution in [2.75, 3.05) is 25.5 Å². The first-order valence-electron chi connectivity index (χ1n) is 12.5. The molecule has 4 aromatic rings. The number of aryl methyl sites for hydroxylation is 1. The SMILES string of the molecule is COc1ccc(C(=O)N(CC(=O)Nc2nc(-c3ccc(Cl)cc3)cn2-c2cccc(C)c2)CC2CC2)cc1. The Bertz CT molecular complexity index is 1440. The van der Waals surface area contributed by atoms with E-state index in [0.29, 0.717) is 40.4 Å². The molecule has 0 aliphatic heterocycles. The van der Waals surface area contributed by atoms with Crippen LogP contribution >= 0.6 is 11.6 Å². The summed E-state index contributed by atoms with van der Waals surface area (Å²) in [5.74, 6) is 0.991. The van der Waals surface area contributed by atoms with Crippen molar-refractivity contribution in [1.82, 2.24) is 14.5 Å². The number of rotatable bonds is 9. The number of benzene rings is 3. The van der Waals surface area contributed by atoms with Gasteiger partial charge in [-0.1, -0.05) is 35.9 Å². The monoisotopic (exact) mass is 528 g/mol. The van der Waals surface area contributed by atoms with Crippen LogP contribution in [-0.2, 0) is 4.79 Å². The topological polar surface area (TPSA) is 76.5 Å². The van der Waals surface area contributed by atoms with Crippen molar-refractivity contribution in [2.24, 2.45) is 5.92 Å². The second-order valence-electron chi connectivity index (χ2n) is 9.57. The van der Waals surface area contributed by atoms with Crippen LogP contribution in [0.3, 0.4) is 0 Å². The number of halogens is 1. The zero-order valence-electron chi connectivity index (χ0n) is 21.4. The summed E-state index contributed by atoms with van der Waals surface area (Å²) in [4.78, 5) is 33.0. The molecule has 2 amide bonds. The molecule has 1 heterocycles. The number of carbonyl (C=O) groups is 2. The lowest BCUT2D eigenvalue weighted by molar-refractivity contribution is -0.117. The van der Waals surface area contributed by atoms with Crippen molar-refractivity contribution in [3.05, 3.63) is 95.1 Å². The van der Waals surface area contributed by atoms with Crippen LogP contribution in [0.1, 0.15) is 28.8 Å². The van der Waals surface area contributed by atoms with E-state index < -0.39 is 0 Å².